The van der Waals surface area contributed by atoms with Gasteiger partial charge < -0.3 is 34.3 Å². The van der Waals surface area contributed by atoms with Gasteiger partial charge in [-0.25, -0.2) is 0 Å². The van der Waals surface area contributed by atoms with E-state index in [0.29, 0.717) is 48.5 Å². The quantitative estimate of drug-likeness (QED) is 0.533. The number of nitrogens with zero attached hydrogens (tertiary/aromatic N) is 1. The lowest BCUT2D eigenvalue weighted by Crippen LogP contribution is -2.36. The van der Waals surface area contributed by atoms with Crippen LogP contribution in [0.4, 0.5) is 8.78 Å². The van der Waals surface area contributed by atoms with Crippen molar-refractivity contribution in [3.63, 3.8) is 0 Å². The van der Waals surface area contributed by atoms with Gasteiger partial charge in [-0.1, -0.05) is 6.07 Å². The van der Waals surface area contributed by atoms with E-state index in [1.807, 2.05) is 18.2 Å². The monoisotopic (exact) mass is 435 g/mol. The Bertz CT molecular complexity index is 955. The molecule has 0 aliphatic carbocycles. The number of guanidine groups is 1. The first-order valence-corrected chi connectivity index (χ1v) is 9.83. The summed E-state index contributed by atoms with van der Waals surface area (Å²) in [5, 5.41) is 6.28. The Hall–Kier alpha value is -3.43. The van der Waals surface area contributed by atoms with Crippen LogP contribution >= 0.6 is 0 Å². The molecule has 0 radical (unpaired) electrons. The minimum atomic E-state index is -2.95. The number of ether oxygens (including phenoxy) is 5. The van der Waals surface area contributed by atoms with Crippen LogP contribution in [0.15, 0.2) is 35.3 Å². The van der Waals surface area contributed by atoms with Crippen molar-refractivity contribution >= 4 is 5.96 Å². The lowest BCUT2D eigenvalue weighted by Gasteiger charge is -2.16. The summed E-state index contributed by atoms with van der Waals surface area (Å²) in [4.78, 5) is 4.18. The molecule has 0 aromatic heterocycles. The number of halogens is 2. The van der Waals surface area contributed by atoms with Gasteiger partial charge in [-0.3, -0.25) is 4.99 Å². The first-order chi connectivity index (χ1) is 15.1. The van der Waals surface area contributed by atoms with Crippen LogP contribution in [0.3, 0.4) is 0 Å². The third-order valence-electron chi connectivity index (χ3n) is 4.71. The second-order valence-corrected chi connectivity index (χ2v) is 6.80. The highest BCUT2D eigenvalue weighted by Gasteiger charge is 2.20. The molecule has 2 N–H and O–H groups in total. The summed E-state index contributed by atoms with van der Waals surface area (Å²) in [7, 11) is 1.62. The van der Waals surface area contributed by atoms with Crippen LogP contribution in [0, 0.1) is 0 Å². The Balaban J connectivity index is 1.38. The summed E-state index contributed by atoms with van der Waals surface area (Å²) in [6.07, 6.45) is 0.843. The summed E-state index contributed by atoms with van der Waals surface area (Å²) in [5.41, 5.74) is 1.47. The first kappa shape index (κ1) is 20.8. The third-order valence-corrected chi connectivity index (χ3v) is 4.71. The molecule has 166 valence electrons. The fraction of sp³-hybridized carbons (Fsp3) is 0.381. The Kier molecular flexibility index (Phi) is 6.44. The van der Waals surface area contributed by atoms with E-state index in [-0.39, 0.29) is 19.1 Å². The van der Waals surface area contributed by atoms with Crippen LogP contribution in [0.5, 0.6) is 28.7 Å². The van der Waals surface area contributed by atoms with Gasteiger partial charge in [-0.2, -0.15) is 8.78 Å². The third kappa shape index (κ3) is 5.19. The molecule has 2 aromatic carbocycles. The van der Waals surface area contributed by atoms with Crippen molar-refractivity contribution in [1.82, 2.24) is 10.6 Å². The predicted molar refractivity (Wildman–Crippen MR) is 108 cm³/mol. The fourth-order valence-electron chi connectivity index (χ4n) is 3.21. The molecule has 0 amide bonds. The van der Waals surface area contributed by atoms with Crippen LogP contribution in [-0.2, 0) is 13.1 Å². The minimum absolute atomic E-state index is 0.0186. The summed E-state index contributed by atoms with van der Waals surface area (Å²) < 4.78 is 52.2. The van der Waals surface area contributed by atoms with Gasteiger partial charge in [-0.05, 0) is 23.8 Å². The smallest absolute Gasteiger partial charge is 0.387 e. The number of aliphatic imine (C=N–C) groups is 1. The Morgan fingerprint density at radius 3 is 2.45 bits per heavy atom. The highest BCUT2D eigenvalue weighted by molar-refractivity contribution is 5.79. The second-order valence-electron chi connectivity index (χ2n) is 6.80. The molecule has 2 aliphatic heterocycles. The molecule has 2 aromatic rings. The van der Waals surface area contributed by atoms with Gasteiger partial charge in [-0.15, -0.1) is 0 Å². The average molecular weight is 435 g/mol. The van der Waals surface area contributed by atoms with E-state index < -0.39 is 6.61 Å². The van der Waals surface area contributed by atoms with Crippen LogP contribution in [-0.4, -0.2) is 39.6 Å². The molecule has 10 heteroatoms. The van der Waals surface area contributed by atoms with Crippen LogP contribution < -0.4 is 34.3 Å². The van der Waals surface area contributed by atoms with E-state index >= 15 is 0 Å². The average Bonchev–Trinajstić information content (AvgIpc) is 3.08. The molecular weight excluding hydrogens is 412 g/mol. The lowest BCUT2D eigenvalue weighted by molar-refractivity contribution is -0.0505. The maximum Gasteiger partial charge on any atom is 0.387 e. The highest BCUT2D eigenvalue weighted by atomic mass is 19.3. The molecule has 31 heavy (non-hydrogen) atoms. The Labute approximate surface area is 178 Å². The molecule has 0 saturated carbocycles. The van der Waals surface area contributed by atoms with Crippen molar-refractivity contribution in [3.05, 3.63) is 41.5 Å². The van der Waals surface area contributed by atoms with Gasteiger partial charge in [0.25, 0.3) is 0 Å². The lowest BCUT2D eigenvalue weighted by atomic mass is 10.1. The van der Waals surface area contributed by atoms with E-state index in [4.69, 9.17) is 18.9 Å². The first-order valence-electron chi connectivity index (χ1n) is 9.83. The van der Waals surface area contributed by atoms with E-state index in [9.17, 15) is 8.78 Å². The maximum atomic E-state index is 12.8. The van der Waals surface area contributed by atoms with Crippen molar-refractivity contribution < 1.29 is 32.5 Å². The zero-order valence-corrected chi connectivity index (χ0v) is 17.0. The van der Waals surface area contributed by atoms with Crippen molar-refractivity contribution in [2.45, 2.75) is 26.1 Å². The number of benzene rings is 2. The number of alkyl halides is 2. The van der Waals surface area contributed by atoms with Gasteiger partial charge in [0.15, 0.2) is 29.0 Å². The SMILES string of the molecule is CN=C(NCc1ccc2c(c1)OCCCO2)NCc1cc2c(cc1OC(F)F)OCO2. The summed E-state index contributed by atoms with van der Waals surface area (Å²) in [5.74, 6) is 2.81. The van der Waals surface area contributed by atoms with Crippen molar-refractivity contribution in [2.75, 3.05) is 27.1 Å². The van der Waals surface area contributed by atoms with Crippen molar-refractivity contribution in [3.8, 4) is 28.7 Å². The molecule has 8 nitrogen and oxygen atoms in total. The summed E-state index contributed by atoms with van der Waals surface area (Å²) >= 11 is 0. The molecule has 0 saturated heterocycles. The van der Waals surface area contributed by atoms with Gasteiger partial charge >= 0.3 is 6.61 Å². The molecule has 2 heterocycles. The Morgan fingerprint density at radius 2 is 1.68 bits per heavy atom. The molecular formula is C21H23F2N3O5. The minimum Gasteiger partial charge on any atom is -0.490 e. The molecule has 0 unspecified atom stereocenters. The topological polar surface area (TPSA) is 82.6 Å². The van der Waals surface area contributed by atoms with E-state index in [1.54, 1.807) is 13.1 Å². The van der Waals surface area contributed by atoms with Crippen molar-refractivity contribution in [1.29, 1.82) is 0 Å². The number of fused-ring (bicyclic) bond motifs is 2. The molecule has 0 spiro atoms. The molecule has 2 aliphatic rings. The predicted octanol–water partition coefficient (Wildman–Crippen LogP) is 3.04. The number of hydrogen-bond donors (Lipinski definition) is 2. The Morgan fingerprint density at radius 1 is 0.968 bits per heavy atom. The standard InChI is InChI=1S/C21H23F2N3O5/c1-24-21(25-10-13-3-4-15-17(7-13)28-6-2-5-27-15)26-11-14-8-18-19(30-12-29-18)9-16(14)31-20(22)23/h3-4,7-9,20H,2,5-6,10-12H2,1H3,(H2,24,25,26). The second kappa shape index (κ2) is 9.59. The zero-order valence-electron chi connectivity index (χ0n) is 17.0. The molecule has 0 fully saturated rings. The normalized spacial score (nSPS) is 14.9. The fourth-order valence-corrected chi connectivity index (χ4v) is 3.21. The molecule has 0 bridgehead atoms. The van der Waals surface area contributed by atoms with Crippen molar-refractivity contribution in [2.24, 2.45) is 4.99 Å². The molecule has 4 rings (SSSR count). The van der Waals surface area contributed by atoms with Gasteiger partial charge in [0.1, 0.15) is 5.75 Å². The molecule has 0 atom stereocenters. The number of rotatable bonds is 6. The van der Waals surface area contributed by atoms with Gasteiger partial charge in [0, 0.05) is 38.2 Å². The van der Waals surface area contributed by atoms with Crippen LogP contribution in [0.2, 0.25) is 0 Å². The largest absolute Gasteiger partial charge is 0.490 e. The van der Waals surface area contributed by atoms with Crippen LogP contribution in [0.1, 0.15) is 17.5 Å². The summed E-state index contributed by atoms with van der Waals surface area (Å²) in [6, 6.07) is 8.77. The van der Waals surface area contributed by atoms with Gasteiger partial charge in [0.05, 0.1) is 13.2 Å². The van der Waals surface area contributed by atoms with E-state index in [2.05, 4.69) is 20.4 Å². The summed E-state index contributed by atoms with van der Waals surface area (Å²) in [6.45, 7) is -0.976. The number of nitrogens with one attached hydrogen (secondary N) is 2. The number of hydrogen-bond acceptors (Lipinski definition) is 6. The van der Waals surface area contributed by atoms with E-state index in [0.717, 1.165) is 17.7 Å². The van der Waals surface area contributed by atoms with E-state index in [1.165, 1.54) is 6.07 Å². The zero-order chi connectivity index (χ0) is 21.6. The highest BCUT2D eigenvalue weighted by Crippen LogP contribution is 2.38. The van der Waals surface area contributed by atoms with Crippen LogP contribution in [0.25, 0.3) is 0 Å². The van der Waals surface area contributed by atoms with Gasteiger partial charge in [0.2, 0.25) is 6.79 Å². The maximum absolute atomic E-state index is 12.8.